The fourth-order valence-corrected chi connectivity index (χ4v) is 3.05. The van der Waals surface area contributed by atoms with Gasteiger partial charge in [0.05, 0.1) is 0 Å². The van der Waals surface area contributed by atoms with Crippen molar-refractivity contribution in [3.05, 3.63) is 0 Å². The smallest absolute Gasteiger partial charge is 0.0116 e. The zero-order valence-corrected chi connectivity index (χ0v) is 12.1. The SMILES string of the molecule is CC(C)(C)C1CCC(C(N)C(C)(C)C)CC1. The van der Waals surface area contributed by atoms with Crippen molar-refractivity contribution in [1.82, 2.24) is 0 Å². The molecular weight excluding hydrogens is 194 g/mol. The molecule has 1 fully saturated rings. The minimum Gasteiger partial charge on any atom is -0.327 e. The van der Waals surface area contributed by atoms with Crippen LogP contribution < -0.4 is 5.73 Å². The summed E-state index contributed by atoms with van der Waals surface area (Å²) in [5, 5.41) is 0. The summed E-state index contributed by atoms with van der Waals surface area (Å²) >= 11 is 0. The van der Waals surface area contributed by atoms with Gasteiger partial charge in [0, 0.05) is 6.04 Å². The van der Waals surface area contributed by atoms with Crippen LogP contribution in [-0.4, -0.2) is 6.04 Å². The van der Waals surface area contributed by atoms with Crippen molar-refractivity contribution < 1.29 is 0 Å². The summed E-state index contributed by atoms with van der Waals surface area (Å²) in [6.07, 6.45) is 5.41. The first kappa shape index (κ1) is 14.0. The van der Waals surface area contributed by atoms with Crippen LogP contribution >= 0.6 is 0 Å². The molecule has 0 aliphatic heterocycles. The van der Waals surface area contributed by atoms with Gasteiger partial charge < -0.3 is 5.73 Å². The summed E-state index contributed by atoms with van der Waals surface area (Å²) in [6, 6.07) is 0.369. The third kappa shape index (κ3) is 3.48. The molecule has 0 radical (unpaired) electrons. The van der Waals surface area contributed by atoms with Gasteiger partial charge in [-0.15, -0.1) is 0 Å². The van der Waals surface area contributed by atoms with Gasteiger partial charge in [0.1, 0.15) is 0 Å². The predicted octanol–water partition coefficient (Wildman–Crippen LogP) is 4.21. The van der Waals surface area contributed by atoms with E-state index in [4.69, 9.17) is 5.73 Å². The fraction of sp³-hybridized carbons (Fsp3) is 1.00. The third-order valence-electron chi connectivity index (χ3n) is 4.50. The Morgan fingerprint density at radius 1 is 0.875 bits per heavy atom. The largest absolute Gasteiger partial charge is 0.327 e. The zero-order chi connectivity index (χ0) is 12.6. The lowest BCUT2D eigenvalue weighted by Crippen LogP contribution is -2.43. The monoisotopic (exact) mass is 225 g/mol. The van der Waals surface area contributed by atoms with Crippen molar-refractivity contribution in [3.63, 3.8) is 0 Å². The van der Waals surface area contributed by atoms with E-state index in [1.807, 2.05) is 0 Å². The average molecular weight is 225 g/mol. The van der Waals surface area contributed by atoms with Crippen LogP contribution in [0.25, 0.3) is 0 Å². The summed E-state index contributed by atoms with van der Waals surface area (Å²) in [5.74, 6) is 1.65. The highest BCUT2D eigenvalue weighted by Crippen LogP contribution is 2.42. The Hall–Kier alpha value is -0.0400. The summed E-state index contributed by atoms with van der Waals surface area (Å²) < 4.78 is 0. The lowest BCUT2D eigenvalue weighted by molar-refractivity contribution is 0.113. The summed E-state index contributed by atoms with van der Waals surface area (Å²) in [6.45, 7) is 13.9. The quantitative estimate of drug-likeness (QED) is 0.710. The predicted molar refractivity (Wildman–Crippen MR) is 72.3 cm³/mol. The molecule has 1 aliphatic carbocycles. The van der Waals surface area contributed by atoms with Crippen molar-refractivity contribution in [2.45, 2.75) is 73.3 Å². The van der Waals surface area contributed by atoms with E-state index in [-0.39, 0.29) is 5.41 Å². The average Bonchev–Trinajstić information content (AvgIpc) is 2.14. The molecule has 1 atom stereocenters. The van der Waals surface area contributed by atoms with Gasteiger partial charge in [-0.05, 0) is 48.3 Å². The van der Waals surface area contributed by atoms with Crippen molar-refractivity contribution in [3.8, 4) is 0 Å². The van der Waals surface area contributed by atoms with E-state index in [0.717, 1.165) is 11.8 Å². The molecule has 0 bridgehead atoms. The minimum atomic E-state index is 0.263. The van der Waals surface area contributed by atoms with Crippen molar-refractivity contribution in [1.29, 1.82) is 0 Å². The molecule has 0 aromatic rings. The standard InChI is InChI=1S/C15H31N/c1-14(2,3)12-9-7-11(8-10-12)13(16)15(4,5)6/h11-13H,7-10,16H2,1-6H3. The summed E-state index contributed by atoms with van der Waals surface area (Å²) in [7, 11) is 0. The van der Waals surface area contributed by atoms with Crippen LogP contribution in [0.4, 0.5) is 0 Å². The van der Waals surface area contributed by atoms with Gasteiger partial charge in [0.2, 0.25) is 0 Å². The van der Waals surface area contributed by atoms with Crippen LogP contribution in [0.3, 0.4) is 0 Å². The molecule has 16 heavy (non-hydrogen) atoms. The van der Waals surface area contributed by atoms with Gasteiger partial charge in [0.25, 0.3) is 0 Å². The maximum Gasteiger partial charge on any atom is 0.0116 e. The fourth-order valence-electron chi connectivity index (χ4n) is 3.05. The molecule has 1 aliphatic rings. The molecule has 1 saturated carbocycles. The number of nitrogens with two attached hydrogens (primary N) is 1. The number of rotatable bonds is 1. The molecule has 0 saturated heterocycles. The van der Waals surface area contributed by atoms with Gasteiger partial charge in [-0.1, -0.05) is 41.5 Å². The Balaban J connectivity index is 2.50. The second-order valence-corrected chi connectivity index (χ2v) is 7.87. The molecule has 96 valence electrons. The molecule has 0 spiro atoms. The minimum absolute atomic E-state index is 0.263. The molecule has 2 N–H and O–H groups in total. The van der Waals surface area contributed by atoms with Crippen LogP contribution in [0.5, 0.6) is 0 Å². The van der Waals surface area contributed by atoms with Crippen molar-refractivity contribution in [2.24, 2.45) is 28.4 Å². The Bertz CT molecular complexity index is 211. The Morgan fingerprint density at radius 3 is 1.62 bits per heavy atom. The van der Waals surface area contributed by atoms with E-state index in [2.05, 4.69) is 41.5 Å². The van der Waals surface area contributed by atoms with Crippen LogP contribution in [0.15, 0.2) is 0 Å². The van der Waals surface area contributed by atoms with E-state index < -0.39 is 0 Å². The van der Waals surface area contributed by atoms with Crippen LogP contribution in [0.2, 0.25) is 0 Å². The third-order valence-corrected chi connectivity index (χ3v) is 4.50. The van der Waals surface area contributed by atoms with E-state index in [1.165, 1.54) is 25.7 Å². The first-order valence-corrected chi connectivity index (χ1v) is 6.88. The molecule has 1 unspecified atom stereocenters. The van der Waals surface area contributed by atoms with E-state index in [1.54, 1.807) is 0 Å². The molecule has 1 nitrogen and oxygen atoms in total. The Morgan fingerprint density at radius 2 is 1.31 bits per heavy atom. The van der Waals surface area contributed by atoms with Gasteiger partial charge in [0.15, 0.2) is 0 Å². The molecule has 1 heteroatoms. The Kier molecular flexibility index (Phi) is 4.10. The van der Waals surface area contributed by atoms with E-state index in [0.29, 0.717) is 11.5 Å². The highest BCUT2D eigenvalue weighted by atomic mass is 14.7. The van der Waals surface area contributed by atoms with Gasteiger partial charge in [-0.25, -0.2) is 0 Å². The Labute approximate surface area is 102 Å². The number of hydrogen-bond acceptors (Lipinski definition) is 1. The summed E-state index contributed by atoms with van der Waals surface area (Å²) in [5.41, 5.74) is 7.13. The molecule has 1 rings (SSSR count). The molecule has 0 aromatic heterocycles. The highest BCUT2D eigenvalue weighted by Gasteiger charge is 2.35. The van der Waals surface area contributed by atoms with Crippen LogP contribution in [0, 0.1) is 22.7 Å². The topological polar surface area (TPSA) is 26.0 Å². The molecular formula is C15H31N. The van der Waals surface area contributed by atoms with Crippen LogP contribution in [-0.2, 0) is 0 Å². The highest BCUT2D eigenvalue weighted by molar-refractivity contribution is 4.89. The molecule has 0 heterocycles. The maximum absolute atomic E-state index is 6.38. The van der Waals surface area contributed by atoms with E-state index in [9.17, 15) is 0 Å². The van der Waals surface area contributed by atoms with Gasteiger partial charge >= 0.3 is 0 Å². The molecule has 0 amide bonds. The number of hydrogen-bond donors (Lipinski definition) is 1. The van der Waals surface area contributed by atoms with Crippen molar-refractivity contribution >= 4 is 0 Å². The van der Waals surface area contributed by atoms with E-state index >= 15 is 0 Å². The van der Waals surface area contributed by atoms with Crippen molar-refractivity contribution in [2.75, 3.05) is 0 Å². The normalized spacial score (nSPS) is 30.2. The maximum atomic E-state index is 6.38. The lowest BCUT2D eigenvalue weighted by Gasteiger charge is -2.42. The zero-order valence-electron chi connectivity index (χ0n) is 12.1. The summed E-state index contributed by atoms with van der Waals surface area (Å²) in [4.78, 5) is 0. The molecule has 0 aromatic carbocycles. The first-order chi connectivity index (χ1) is 7.12. The lowest BCUT2D eigenvalue weighted by atomic mass is 9.66. The van der Waals surface area contributed by atoms with Crippen LogP contribution in [0.1, 0.15) is 67.2 Å². The second kappa shape index (κ2) is 4.68. The van der Waals surface area contributed by atoms with Gasteiger partial charge in [-0.2, -0.15) is 0 Å². The first-order valence-electron chi connectivity index (χ1n) is 6.88. The second-order valence-electron chi connectivity index (χ2n) is 7.87. The van der Waals surface area contributed by atoms with Gasteiger partial charge in [-0.3, -0.25) is 0 Å².